The molecule has 1 saturated heterocycles. The lowest BCUT2D eigenvalue weighted by Gasteiger charge is -2.17. The van der Waals surface area contributed by atoms with E-state index in [2.05, 4.69) is 21.2 Å². The lowest BCUT2D eigenvalue weighted by Crippen LogP contribution is -2.19. The first-order chi connectivity index (χ1) is 8.20. The summed E-state index contributed by atoms with van der Waals surface area (Å²) in [6.07, 6.45) is 1.01. The van der Waals surface area contributed by atoms with Gasteiger partial charge in [0, 0.05) is 11.6 Å². The monoisotopic (exact) mass is 319 g/mol. The van der Waals surface area contributed by atoms with Crippen LogP contribution in [0.1, 0.15) is 13.3 Å². The van der Waals surface area contributed by atoms with Crippen LogP contribution in [0.15, 0.2) is 16.6 Å². The van der Waals surface area contributed by atoms with Gasteiger partial charge in [-0.15, -0.1) is 0 Å². The van der Waals surface area contributed by atoms with Gasteiger partial charge in [0.25, 0.3) is 0 Å². The molecule has 0 radical (unpaired) electrons. The standard InChI is InChI=1S/C12H15BrClNO2/c1-2-17-12-10(13)5-8(14)6-11(12)15-9-3-4-16-7-9/h5-6,9,15H,2-4,7H2,1H3. The second kappa shape index (κ2) is 5.94. The number of nitrogens with one attached hydrogen (secondary N) is 1. The minimum atomic E-state index is 0.333. The van der Waals surface area contributed by atoms with Crippen molar-refractivity contribution in [2.24, 2.45) is 0 Å². The summed E-state index contributed by atoms with van der Waals surface area (Å²) in [6, 6.07) is 4.05. The van der Waals surface area contributed by atoms with Gasteiger partial charge in [-0.1, -0.05) is 11.6 Å². The molecule has 94 valence electrons. The predicted octanol–water partition coefficient (Wildman–Crippen LogP) is 3.70. The molecule has 1 fully saturated rings. The van der Waals surface area contributed by atoms with Gasteiger partial charge >= 0.3 is 0 Å². The third-order valence-corrected chi connectivity index (χ3v) is 3.39. The summed E-state index contributed by atoms with van der Waals surface area (Å²) < 4.78 is 11.8. The van der Waals surface area contributed by atoms with Crippen LogP contribution in [0.3, 0.4) is 0 Å². The predicted molar refractivity (Wildman–Crippen MR) is 73.2 cm³/mol. The molecule has 1 unspecified atom stereocenters. The van der Waals surface area contributed by atoms with Crippen LogP contribution in [0.2, 0.25) is 5.02 Å². The van der Waals surface area contributed by atoms with Gasteiger partial charge in [0.15, 0.2) is 5.75 Å². The number of rotatable bonds is 4. The fourth-order valence-corrected chi connectivity index (χ4v) is 2.75. The van der Waals surface area contributed by atoms with Gasteiger partial charge in [-0.25, -0.2) is 0 Å². The molecule has 1 heterocycles. The minimum Gasteiger partial charge on any atom is -0.491 e. The van der Waals surface area contributed by atoms with Gasteiger partial charge < -0.3 is 14.8 Å². The Morgan fingerprint density at radius 2 is 2.41 bits per heavy atom. The highest BCUT2D eigenvalue weighted by Crippen LogP contribution is 2.37. The molecule has 0 aliphatic carbocycles. The molecule has 1 atom stereocenters. The van der Waals surface area contributed by atoms with E-state index in [0.29, 0.717) is 17.7 Å². The molecule has 1 aliphatic heterocycles. The highest BCUT2D eigenvalue weighted by molar-refractivity contribution is 9.10. The molecule has 0 bridgehead atoms. The van der Waals surface area contributed by atoms with E-state index >= 15 is 0 Å². The average molecular weight is 321 g/mol. The number of anilines is 1. The van der Waals surface area contributed by atoms with E-state index in [1.54, 1.807) is 0 Å². The SMILES string of the molecule is CCOc1c(Br)cc(Cl)cc1NC1CCOC1. The quantitative estimate of drug-likeness (QED) is 0.917. The molecule has 0 saturated carbocycles. The van der Waals surface area contributed by atoms with Gasteiger partial charge in [-0.2, -0.15) is 0 Å². The van der Waals surface area contributed by atoms with Gasteiger partial charge in [0.1, 0.15) is 0 Å². The molecule has 0 spiro atoms. The maximum absolute atomic E-state index is 6.05. The molecule has 1 aliphatic rings. The molecule has 1 N–H and O–H groups in total. The van der Waals surface area contributed by atoms with E-state index in [-0.39, 0.29) is 0 Å². The largest absolute Gasteiger partial charge is 0.491 e. The topological polar surface area (TPSA) is 30.5 Å². The van der Waals surface area contributed by atoms with E-state index in [1.165, 1.54) is 0 Å². The average Bonchev–Trinajstić information content (AvgIpc) is 2.76. The normalized spacial score (nSPS) is 19.4. The molecule has 1 aromatic carbocycles. The second-order valence-corrected chi connectivity index (χ2v) is 5.19. The zero-order valence-corrected chi connectivity index (χ0v) is 12.0. The van der Waals surface area contributed by atoms with Crippen molar-refractivity contribution >= 4 is 33.2 Å². The maximum atomic E-state index is 6.05. The Hall–Kier alpha value is -0.450. The Balaban J connectivity index is 2.22. The lowest BCUT2D eigenvalue weighted by molar-refractivity contribution is 0.195. The van der Waals surface area contributed by atoms with Crippen molar-refractivity contribution in [1.82, 2.24) is 0 Å². The first kappa shape index (κ1) is 13.0. The molecule has 3 nitrogen and oxygen atoms in total. The van der Waals surface area contributed by atoms with Crippen molar-refractivity contribution in [1.29, 1.82) is 0 Å². The van der Waals surface area contributed by atoms with Crippen molar-refractivity contribution in [3.63, 3.8) is 0 Å². The number of hydrogen-bond acceptors (Lipinski definition) is 3. The van der Waals surface area contributed by atoms with E-state index in [0.717, 1.165) is 35.5 Å². The second-order valence-electron chi connectivity index (χ2n) is 3.90. The van der Waals surface area contributed by atoms with Crippen LogP contribution in [-0.2, 0) is 4.74 Å². The Morgan fingerprint density at radius 3 is 3.06 bits per heavy atom. The van der Waals surface area contributed by atoms with Crippen molar-refractivity contribution in [3.8, 4) is 5.75 Å². The highest BCUT2D eigenvalue weighted by atomic mass is 79.9. The van der Waals surface area contributed by atoms with Crippen LogP contribution in [0, 0.1) is 0 Å². The summed E-state index contributed by atoms with van der Waals surface area (Å²) in [5, 5.41) is 4.09. The Kier molecular flexibility index (Phi) is 4.54. The number of hydrogen-bond donors (Lipinski definition) is 1. The van der Waals surface area contributed by atoms with Crippen LogP contribution in [0.25, 0.3) is 0 Å². The number of ether oxygens (including phenoxy) is 2. The van der Waals surface area contributed by atoms with Crippen molar-refractivity contribution in [3.05, 3.63) is 21.6 Å². The molecular formula is C12H15BrClNO2. The summed E-state index contributed by atoms with van der Waals surface area (Å²) in [4.78, 5) is 0. The molecule has 0 aromatic heterocycles. The summed E-state index contributed by atoms with van der Waals surface area (Å²) in [6.45, 7) is 4.12. The minimum absolute atomic E-state index is 0.333. The van der Waals surface area contributed by atoms with E-state index in [9.17, 15) is 0 Å². The molecular weight excluding hydrogens is 305 g/mol. The van der Waals surface area contributed by atoms with Crippen LogP contribution in [0.5, 0.6) is 5.75 Å². The Morgan fingerprint density at radius 1 is 1.59 bits per heavy atom. The molecule has 17 heavy (non-hydrogen) atoms. The first-order valence-electron chi connectivity index (χ1n) is 5.67. The fraction of sp³-hybridized carbons (Fsp3) is 0.500. The van der Waals surface area contributed by atoms with Crippen LogP contribution in [-0.4, -0.2) is 25.9 Å². The molecule has 1 aromatic rings. The fourth-order valence-electron chi connectivity index (χ4n) is 1.83. The highest BCUT2D eigenvalue weighted by Gasteiger charge is 2.18. The van der Waals surface area contributed by atoms with Gasteiger partial charge in [0.05, 0.1) is 29.4 Å². The smallest absolute Gasteiger partial charge is 0.156 e. The Bertz CT molecular complexity index is 394. The third-order valence-electron chi connectivity index (χ3n) is 2.59. The van der Waals surface area contributed by atoms with Crippen molar-refractivity contribution in [2.45, 2.75) is 19.4 Å². The van der Waals surface area contributed by atoms with Gasteiger partial charge in [-0.3, -0.25) is 0 Å². The summed E-state index contributed by atoms with van der Waals surface area (Å²) in [7, 11) is 0. The Labute approximate surface area is 115 Å². The number of halogens is 2. The maximum Gasteiger partial charge on any atom is 0.156 e. The van der Waals surface area contributed by atoms with Gasteiger partial charge in [0.2, 0.25) is 0 Å². The summed E-state index contributed by atoms with van der Waals surface area (Å²) >= 11 is 9.52. The summed E-state index contributed by atoms with van der Waals surface area (Å²) in [5.41, 5.74) is 0.918. The van der Waals surface area contributed by atoms with Crippen molar-refractivity contribution in [2.75, 3.05) is 25.1 Å². The lowest BCUT2D eigenvalue weighted by atomic mass is 10.2. The van der Waals surface area contributed by atoms with Gasteiger partial charge in [-0.05, 0) is 41.4 Å². The van der Waals surface area contributed by atoms with E-state index in [4.69, 9.17) is 21.1 Å². The summed E-state index contributed by atoms with van der Waals surface area (Å²) in [5.74, 6) is 0.809. The molecule has 5 heteroatoms. The zero-order valence-electron chi connectivity index (χ0n) is 9.63. The third kappa shape index (κ3) is 3.27. The van der Waals surface area contributed by atoms with Crippen LogP contribution < -0.4 is 10.1 Å². The van der Waals surface area contributed by atoms with E-state index in [1.807, 2.05) is 19.1 Å². The van der Waals surface area contributed by atoms with Crippen LogP contribution >= 0.6 is 27.5 Å². The number of benzene rings is 1. The van der Waals surface area contributed by atoms with Crippen LogP contribution in [0.4, 0.5) is 5.69 Å². The van der Waals surface area contributed by atoms with Crippen molar-refractivity contribution < 1.29 is 9.47 Å². The zero-order chi connectivity index (χ0) is 12.3. The molecule has 2 rings (SSSR count). The molecule has 0 amide bonds. The van der Waals surface area contributed by atoms with E-state index < -0.39 is 0 Å². The first-order valence-corrected chi connectivity index (χ1v) is 6.84.